The molecule has 4 atom stereocenters. The van der Waals surface area contributed by atoms with E-state index in [1.807, 2.05) is 0 Å². The van der Waals surface area contributed by atoms with E-state index in [4.69, 9.17) is 4.74 Å². The fourth-order valence-electron chi connectivity index (χ4n) is 1.75. The van der Waals surface area contributed by atoms with E-state index >= 15 is 0 Å². The second-order valence-electron chi connectivity index (χ2n) is 3.65. The van der Waals surface area contributed by atoms with E-state index in [1.54, 1.807) is 0 Å². The molecule has 0 aromatic rings. The van der Waals surface area contributed by atoms with Gasteiger partial charge in [-0.15, -0.1) is 0 Å². The molecule has 0 bridgehead atoms. The summed E-state index contributed by atoms with van der Waals surface area (Å²) in [6.07, 6.45) is 2.05. The van der Waals surface area contributed by atoms with E-state index in [-0.39, 0.29) is 0 Å². The van der Waals surface area contributed by atoms with Crippen molar-refractivity contribution in [2.75, 3.05) is 6.61 Å². The molecule has 52 valence electrons. The normalized spacial score (nSPS) is 56.7. The van der Waals surface area contributed by atoms with Gasteiger partial charge in [-0.3, -0.25) is 0 Å². The molecule has 0 spiro atoms. The molecule has 2 fully saturated rings. The van der Waals surface area contributed by atoms with Crippen molar-refractivity contribution in [1.29, 1.82) is 0 Å². The van der Waals surface area contributed by atoms with Gasteiger partial charge < -0.3 is 4.74 Å². The van der Waals surface area contributed by atoms with Gasteiger partial charge in [-0.1, -0.05) is 13.8 Å². The van der Waals surface area contributed by atoms with Crippen molar-refractivity contribution in [2.24, 2.45) is 17.8 Å². The molecule has 0 radical (unpaired) electrons. The number of ether oxygens (including phenoxy) is 1. The Labute approximate surface area is 56.4 Å². The summed E-state index contributed by atoms with van der Waals surface area (Å²) in [4.78, 5) is 0. The first kappa shape index (κ1) is 5.72. The topological polar surface area (TPSA) is 9.23 Å². The van der Waals surface area contributed by atoms with Crippen molar-refractivity contribution in [3.05, 3.63) is 0 Å². The van der Waals surface area contributed by atoms with Gasteiger partial charge in [0.15, 0.2) is 0 Å². The number of hydrogen-bond acceptors (Lipinski definition) is 1. The Balaban J connectivity index is 1.86. The smallest absolute Gasteiger partial charge is 0.0653 e. The van der Waals surface area contributed by atoms with Crippen LogP contribution in [0.3, 0.4) is 0 Å². The van der Waals surface area contributed by atoms with Crippen LogP contribution < -0.4 is 0 Å². The molecule has 1 heterocycles. The van der Waals surface area contributed by atoms with Gasteiger partial charge in [0.1, 0.15) is 0 Å². The molecule has 0 N–H and O–H groups in total. The average Bonchev–Trinajstić information content (AvgIpc) is 2.44. The fourth-order valence-corrected chi connectivity index (χ4v) is 1.75. The van der Waals surface area contributed by atoms with Crippen molar-refractivity contribution < 1.29 is 4.74 Å². The fraction of sp³-hybridized carbons (Fsp3) is 1.00. The Bertz CT molecular complexity index is 122. The molecule has 1 saturated carbocycles. The van der Waals surface area contributed by atoms with Gasteiger partial charge >= 0.3 is 0 Å². The van der Waals surface area contributed by atoms with Crippen LogP contribution in [0.25, 0.3) is 0 Å². The summed E-state index contributed by atoms with van der Waals surface area (Å²) in [7, 11) is 0. The predicted molar refractivity (Wildman–Crippen MR) is 36.2 cm³/mol. The Hall–Kier alpha value is -0.0400. The van der Waals surface area contributed by atoms with Crippen molar-refractivity contribution >= 4 is 0 Å². The highest BCUT2D eigenvalue weighted by Crippen LogP contribution is 2.47. The highest BCUT2D eigenvalue weighted by molar-refractivity contribution is 4.94. The zero-order valence-corrected chi connectivity index (χ0v) is 6.13. The second-order valence-corrected chi connectivity index (χ2v) is 3.65. The molecule has 1 aliphatic heterocycles. The second kappa shape index (κ2) is 1.72. The largest absolute Gasteiger partial charge is 0.377 e. The van der Waals surface area contributed by atoms with E-state index in [2.05, 4.69) is 13.8 Å². The summed E-state index contributed by atoms with van der Waals surface area (Å²) in [5, 5.41) is 0. The summed E-state index contributed by atoms with van der Waals surface area (Å²) in [6, 6.07) is 0. The standard InChI is InChI=1S/C8H14O/c1-5-3-7(5)8-6(2)4-9-8/h5-8H,3-4H2,1-2H3. The van der Waals surface area contributed by atoms with Gasteiger partial charge in [0.25, 0.3) is 0 Å². The first-order chi connectivity index (χ1) is 4.29. The van der Waals surface area contributed by atoms with Crippen LogP contribution in [0.4, 0.5) is 0 Å². The van der Waals surface area contributed by atoms with Gasteiger partial charge in [-0.2, -0.15) is 0 Å². The van der Waals surface area contributed by atoms with Gasteiger partial charge in [0.05, 0.1) is 12.7 Å². The monoisotopic (exact) mass is 126 g/mol. The number of hydrogen-bond donors (Lipinski definition) is 0. The summed E-state index contributed by atoms with van der Waals surface area (Å²) in [6.45, 7) is 5.62. The molecule has 9 heavy (non-hydrogen) atoms. The van der Waals surface area contributed by atoms with Crippen molar-refractivity contribution in [3.8, 4) is 0 Å². The number of rotatable bonds is 1. The van der Waals surface area contributed by atoms with Crippen LogP contribution >= 0.6 is 0 Å². The van der Waals surface area contributed by atoms with Crippen LogP contribution in [0.1, 0.15) is 20.3 Å². The third kappa shape index (κ3) is 0.787. The predicted octanol–water partition coefficient (Wildman–Crippen LogP) is 1.68. The van der Waals surface area contributed by atoms with Crippen molar-refractivity contribution in [2.45, 2.75) is 26.4 Å². The Morgan fingerprint density at radius 1 is 1.22 bits per heavy atom. The average molecular weight is 126 g/mol. The van der Waals surface area contributed by atoms with Crippen LogP contribution in [-0.2, 0) is 4.74 Å². The summed E-state index contributed by atoms with van der Waals surface area (Å²) in [5.74, 6) is 2.73. The maximum atomic E-state index is 5.44. The molecule has 1 nitrogen and oxygen atoms in total. The van der Waals surface area contributed by atoms with E-state index in [1.165, 1.54) is 6.42 Å². The lowest BCUT2D eigenvalue weighted by Gasteiger charge is -2.34. The molecule has 0 amide bonds. The van der Waals surface area contributed by atoms with Crippen LogP contribution in [0.15, 0.2) is 0 Å². The summed E-state index contributed by atoms with van der Waals surface area (Å²) in [5.41, 5.74) is 0. The van der Waals surface area contributed by atoms with E-state index in [0.717, 1.165) is 24.4 Å². The van der Waals surface area contributed by atoms with E-state index in [9.17, 15) is 0 Å². The quantitative estimate of drug-likeness (QED) is 0.519. The molecule has 4 unspecified atom stereocenters. The van der Waals surface area contributed by atoms with Gasteiger partial charge in [-0.25, -0.2) is 0 Å². The molecule has 2 aliphatic rings. The highest BCUT2D eigenvalue weighted by Gasteiger charge is 2.46. The zero-order chi connectivity index (χ0) is 6.43. The lowest BCUT2D eigenvalue weighted by atomic mass is 9.95. The summed E-state index contributed by atoms with van der Waals surface area (Å²) < 4.78 is 5.44. The van der Waals surface area contributed by atoms with Gasteiger partial charge in [0, 0.05) is 5.92 Å². The molecule has 1 heteroatoms. The maximum Gasteiger partial charge on any atom is 0.0653 e. The first-order valence-electron chi connectivity index (χ1n) is 3.90. The first-order valence-corrected chi connectivity index (χ1v) is 3.90. The SMILES string of the molecule is CC1CC1C1OCC1C. The van der Waals surface area contributed by atoms with E-state index in [0.29, 0.717) is 6.10 Å². The Kier molecular flexibility index (Phi) is 1.10. The van der Waals surface area contributed by atoms with Crippen molar-refractivity contribution in [1.82, 2.24) is 0 Å². The molecule has 0 aromatic heterocycles. The molecular weight excluding hydrogens is 112 g/mol. The van der Waals surface area contributed by atoms with Crippen LogP contribution in [0.5, 0.6) is 0 Å². The van der Waals surface area contributed by atoms with Gasteiger partial charge in [-0.05, 0) is 18.3 Å². The Morgan fingerprint density at radius 3 is 2.00 bits per heavy atom. The minimum absolute atomic E-state index is 0.639. The van der Waals surface area contributed by atoms with Crippen LogP contribution in [-0.4, -0.2) is 12.7 Å². The zero-order valence-electron chi connectivity index (χ0n) is 6.13. The molecule has 2 rings (SSSR count). The minimum atomic E-state index is 0.639. The Morgan fingerprint density at radius 2 is 1.89 bits per heavy atom. The van der Waals surface area contributed by atoms with Crippen LogP contribution in [0.2, 0.25) is 0 Å². The molecular formula is C8H14O. The summed E-state index contributed by atoms with van der Waals surface area (Å²) >= 11 is 0. The highest BCUT2D eigenvalue weighted by atomic mass is 16.5. The molecule has 1 aliphatic carbocycles. The van der Waals surface area contributed by atoms with Crippen LogP contribution in [0, 0.1) is 17.8 Å². The lowest BCUT2D eigenvalue weighted by Crippen LogP contribution is -2.39. The van der Waals surface area contributed by atoms with Crippen molar-refractivity contribution in [3.63, 3.8) is 0 Å². The molecule has 1 saturated heterocycles. The maximum absolute atomic E-state index is 5.44. The lowest BCUT2D eigenvalue weighted by molar-refractivity contribution is -0.119. The minimum Gasteiger partial charge on any atom is -0.377 e. The van der Waals surface area contributed by atoms with E-state index < -0.39 is 0 Å². The third-order valence-corrected chi connectivity index (χ3v) is 2.71. The third-order valence-electron chi connectivity index (χ3n) is 2.71. The van der Waals surface area contributed by atoms with Gasteiger partial charge in [0.2, 0.25) is 0 Å². The molecule has 0 aromatic carbocycles.